The molecule has 0 aliphatic rings. The van der Waals surface area contributed by atoms with E-state index in [1.54, 1.807) is 0 Å². The van der Waals surface area contributed by atoms with Crippen molar-refractivity contribution in [2.75, 3.05) is 0 Å². The maximum absolute atomic E-state index is 5.74. The molecule has 0 aliphatic carbocycles. The molecule has 0 saturated carbocycles. The Balaban J connectivity index is 2.23. The second kappa shape index (κ2) is 4.79. The number of rotatable bonds is 3. The summed E-state index contributed by atoms with van der Waals surface area (Å²) in [5.74, 6) is 1.54. The Kier molecular flexibility index (Phi) is 3.20. The molecule has 2 nitrogen and oxygen atoms in total. The van der Waals surface area contributed by atoms with Crippen LogP contribution in [0.4, 0.5) is 0 Å². The summed E-state index contributed by atoms with van der Waals surface area (Å²) in [5.41, 5.74) is 2.33. The molecule has 2 heteroatoms. The molecule has 2 aromatic rings. The number of para-hydroxylation sites is 1. The van der Waals surface area contributed by atoms with Crippen LogP contribution in [-0.2, 0) is 6.42 Å². The zero-order valence-electron chi connectivity index (χ0n) is 9.60. The van der Waals surface area contributed by atoms with Crippen LogP contribution in [0.2, 0.25) is 0 Å². The lowest BCUT2D eigenvalue weighted by Gasteiger charge is -2.08. The van der Waals surface area contributed by atoms with Gasteiger partial charge in [0.15, 0.2) is 0 Å². The van der Waals surface area contributed by atoms with Gasteiger partial charge in [-0.15, -0.1) is 0 Å². The van der Waals surface area contributed by atoms with Crippen LogP contribution in [0, 0.1) is 6.92 Å². The minimum Gasteiger partial charge on any atom is -0.439 e. The van der Waals surface area contributed by atoms with E-state index in [0.29, 0.717) is 5.88 Å². The maximum atomic E-state index is 5.74. The van der Waals surface area contributed by atoms with Crippen molar-refractivity contribution in [2.45, 2.75) is 20.3 Å². The number of aryl methyl sites for hydroxylation is 2. The third-order valence-corrected chi connectivity index (χ3v) is 2.45. The topological polar surface area (TPSA) is 22.1 Å². The van der Waals surface area contributed by atoms with E-state index in [4.69, 9.17) is 4.74 Å². The smallest absolute Gasteiger partial charge is 0.219 e. The highest BCUT2D eigenvalue weighted by Gasteiger charge is 2.02. The van der Waals surface area contributed by atoms with E-state index in [9.17, 15) is 0 Å². The summed E-state index contributed by atoms with van der Waals surface area (Å²) in [6.45, 7) is 4.13. The van der Waals surface area contributed by atoms with Crippen LogP contribution in [0.15, 0.2) is 42.6 Å². The van der Waals surface area contributed by atoms with Gasteiger partial charge in [-0.25, -0.2) is 4.98 Å². The van der Waals surface area contributed by atoms with Crippen LogP contribution in [0.25, 0.3) is 0 Å². The summed E-state index contributed by atoms with van der Waals surface area (Å²) in [7, 11) is 0. The fourth-order valence-electron chi connectivity index (χ4n) is 1.52. The van der Waals surface area contributed by atoms with E-state index in [-0.39, 0.29) is 0 Å². The highest BCUT2D eigenvalue weighted by atomic mass is 16.5. The van der Waals surface area contributed by atoms with Gasteiger partial charge in [-0.1, -0.05) is 31.2 Å². The molecule has 1 aromatic carbocycles. The van der Waals surface area contributed by atoms with E-state index in [1.165, 1.54) is 5.56 Å². The van der Waals surface area contributed by atoms with E-state index in [1.807, 2.05) is 43.5 Å². The highest BCUT2D eigenvalue weighted by molar-refractivity contribution is 5.36. The molecule has 0 amide bonds. The molecule has 1 heterocycles. The Morgan fingerprint density at radius 2 is 1.94 bits per heavy atom. The van der Waals surface area contributed by atoms with Crippen molar-refractivity contribution in [3.05, 3.63) is 53.7 Å². The van der Waals surface area contributed by atoms with Crippen LogP contribution < -0.4 is 4.74 Å². The molecule has 16 heavy (non-hydrogen) atoms. The third-order valence-electron chi connectivity index (χ3n) is 2.45. The number of pyridine rings is 1. The fraction of sp³-hybridized carbons (Fsp3) is 0.214. The van der Waals surface area contributed by atoms with Gasteiger partial charge >= 0.3 is 0 Å². The molecule has 82 valence electrons. The molecule has 0 N–H and O–H groups in total. The molecule has 0 bridgehead atoms. The van der Waals surface area contributed by atoms with Gasteiger partial charge in [-0.2, -0.15) is 0 Å². The van der Waals surface area contributed by atoms with Crippen molar-refractivity contribution >= 4 is 0 Å². The Morgan fingerprint density at radius 3 is 2.62 bits per heavy atom. The normalized spacial score (nSPS) is 10.1. The van der Waals surface area contributed by atoms with Crippen molar-refractivity contribution in [1.29, 1.82) is 0 Å². The van der Waals surface area contributed by atoms with Crippen molar-refractivity contribution in [3.63, 3.8) is 0 Å². The van der Waals surface area contributed by atoms with Gasteiger partial charge in [-0.3, -0.25) is 0 Å². The number of hydrogen-bond acceptors (Lipinski definition) is 2. The summed E-state index contributed by atoms with van der Waals surface area (Å²) in [6.07, 6.45) is 2.77. The van der Waals surface area contributed by atoms with E-state index < -0.39 is 0 Å². The standard InChI is InChI=1S/C14H15NO/c1-3-12-6-4-5-7-13(12)16-14-9-8-11(2)10-15-14/h4-10H,3H2,1-2H3. The Hall–Kier alpha value is -1.83. The number of aromatic nitrogens is 1. The third kappa shape index (κ3) is 2.40. The quantitative estimate of drug-likeness (QED) is 0.774. The van der Waals surface area contributed by atoms with E-state index in [2.05, 4.69) is 18.0 Å². The molecule has 0 spiro atoms. The molecule has 0 saturated heterocycles. The summed E-state index contributed by atoms with van der Waals surface area (Å²) in [6, 6.07) is 11.9. The SMILES string of the molecule is CCc1ccccc1Oc1ccc(C)cn1. The lowest BCUT2D eigenvalue weighted by atomic mass is 10.1. The second-order valence-electron chi connectivity index (χ2n) is 3.74. The first-order valence-corrected chi connectivity index (χ1v) is 5.48. The number of ether oxygens (including phenoxy) is 1. The number of nitrogens with zero attached hydrogens (tertiary/aromatic N) is 1. The largest absolute Gasteiger partial charge is 0.439 e. The zero-order chi connectivity index (χ0) is 11.4. The predicted octanol–water partition coefficient (Wildman–Crippen LogP) is 3.74. The number of benzene rings is 1. The molecule has 0 radical (unpaired) electrons. The second-order valence-corrected chi connectivity index (χ2v) is 3.74. The van der Waals surface area contributed by atoms with E-state index in [0.717, 1.165) is 17.7 Å². The molecule has 0 unspecified atom stereocenters. The van der Waals surface area contributed by atoms with Crippen LogP contribution >= 0.6 is 0 Å². The Bertz CT molecular complexity index is 462. The van der Waals surface area contributed by atoms with Gasteiger partial charge in [0.2, 0.25) is 5.88 Å². The van der Waals surface area contributed by atoms with Gasteiger partial charge < -0.3 is 4.74 Å². The van der Waals surface area contributed by atoms with Crippen LogP contribution in [0.5, 0.6) is 11.6 Å². The number of hydrogen-bond donors (Lipinski definition) is 0. The molecule has 0 aliphatic heterocycles. The molecular formula is C14H15NO. The average molecular weight is 213 g/mol. The lowest BCUT2D eigenvalue weighted by molar-refractivity contribution is 0.457. The lowest BCUT2D eigenvalue weighted by Crippen LogP contribution is -1.92. The average Bonchev–Trinajstić information content (AvgIpc) is 2.33. The van der Waals surface area contributed by atoms with Crippen molar-refractivity contribution in [1.82, 2.24) is 4.98 Å². The summed E-state index contributed by atoms with van der Waals surface area (Å²) < 4.78 is 5.74. The van der Waals surface area contributed by atoms with Gasteiger partial charge in [-0.05, 0) is 30.5 Å². The van der Waals surface area contributed by atoms with Crippen molar-refractivity contribution in [3.8, 4) is 11.6 Å². The summed E-state index contributed by atoms with van der Waals surface area (Å²) in [5, 5.41) is 0. The van der Waals surface area contributed by atoms with Gasteiger partial charge in [0.1, 0.15) is 5.75 Å². The highest BCUT2D eigenvalue weighted by Crippen LogP contribution is 2.23. The zero-order valence-corrected chi connectivity index (χ0v) is 9.60. The first-order valence-electron chi connectivity index (χ1n) is 5.48. The minimum atomic E-state index is 0.645. The van der Waals surface area contributed by atoms with Gasteiger partial charge in [0.25, 0.3) is 0 Å². The Morgan fingerprint density at radius 1 is 1.12 bits per heavy atom. The maximum Gasteiger partial charge on any atom is 0.219 e. The molecular weight excluding hydrogens is 198 g/mol. The Labute approximate surface area is 95.9 Å². The monoisotopic (exact) mass is 213 g/mol. The van der Waals surface area contributed by atoms with Gasteiger partial charge in [0, 0.05) is 12.3 Å². The van der Waals surface area contributed by atoms with Gasteiger partial charge in [0.05, 0.1) is 0 Å². The summed E-state index contributed by atoms with van der Waals surface area (Å²) >= 11 is 0. The first-order chi connectivity index (χ1) is 7.79. The molecule has 2 rings (SSSR count). The fourth-order valence-corrected chi connectivity index (χ4v) is 1.52. The minimum absolute atomic E-state index is 0.645. The predicted molar refractivity (Wildman–Crippen MR) is 64.9 cm³/mol. The van der Waals surface area contributed by atoms with Crippen LogP contribution in [-0.4, -0.2) is 4.98 Å². The van der Waals surface area contributed by atoms with Crippen molar-refractivity contribution in [2.24, 2.45) is 0 Å². The first kappa shape index (κ1) is 10.7. The molecule has 1 aromatic heterocycles. The van der Waals surface area contributed by atoms with Crippen LogP contribution in [0.1, 0.15) is 18.1 Å². The molecule has 0 fully saturated rings. The summed E-state index contributed by atoms with van der Waals surface area (Å²) in [4.78, 5) is 4.23. The van der Waals surface area contributed by atoms with Crippen LogP contribution in [0.3, 0.4) is 0 Å². The molecule has 0 atom stereocenters. The van der Waals surface area contributed by atoms with Crippen molar-refractivity contribution < 1.29 is 4.74 Å². The van der Waals surface area contributed by atoms with E-state index >= 15 is 0 Å².